The zero-order chi connectivity index (χ0) is 16.8. The molecule has 22 heavy (non-hydrogen) atoms. The fraction of sp³-hybridized carbons (Fsp3) is 0.875. The van der Waals surface area contributed by atoms with Crippen LogP contribution in [-0.4, -0.2) is 54.8 Å². The van der Waals surface area contributed by atoms with Gasteiger partial charge in [-0.25, -0.2) is 4.79 Å². The molecule has 128 valence electrons. The van der Waals surface area contributed by atoms with Crippen molar-refractivity contribution in [1.29, 1.82) is 0 Å². The third-order valence-corrected chi connectivity index (χ3v) is 3.71. The largest absolute Gasteiger partial charge is 0.468 e. The van der Waals surface area contributed by atoms with Gasteiger partial charge < -0.3 is 19.7 Å². The average molecular weight is 314 g/mol. The second-order valence-electron chi connectivity index (χ2n) is 6.75. The summed E-state index contributed by atoms with van der Waals surface area (Å²) in [7, 11) is 1.41. The fourth-order valence-corrected chi connectivity index (χ4v) is 2.55. The number of amides is 1. The first-order valence-electron chi connectivity index (χ1n) is 8.08. The first-order chi connectivity index (χ1) is 10.3. The number of rotatable bonds is 4. The standard InChI is InChI=1S/C16H30N2O4/c1-6-13(14(19)21-5)17-12-8-7-10-18(11-9-12)15(20)22-16(2,3)4/h12-13,17H,6-11H2,1-5H3. The molecule has 0 aliphatic carbocycles. The maximum Gasteiger partial charge on any atom is 0.410 e. The van der Waals surface area contributed by atoms with E-state index in [0.29, 0.717) is 19.5 Å². The minimum atomic E-state index is -0.473. The number of methoxy groups -OCH3 is 1. The number of ether oxygens (including phenoxy) is 2. The molecule has 0 saturated carbocycles. The normalized spacial score (nSPS) is 21.0. The molecule has 0 spiro atoms. The van der Waals surface area contributed by atoms with Crippen molar-refractivity contribution in [3.63, 3.8) is 0 Å². The highest BCUT2D eigenvalue weighted by Crippen LogP contribution is 2.16. The number of likely N-dealkylation sites (tertiary alicyclic amines) is 1. The Morgan fingerprint density at radius 3 is 2.50 bits per heavy atom. The summed E-state index contributed by atoms with van der Waals surface area (Å²) >= 11 is 0. The Balaban J connectivity index is 2.51. The quantitative estimate of drug-likeness (QED) is 0.807. The molecule has 2 unspecified atom stereocenters. The van der Waals surface area contributed by atoms with Crippen molar-refractivity contribution in [2.45, 2.75) is 71.1 Å². The van der Waals surface area contributed by atoms with Crippen molar-refractivity contribution in [2.75, 3.05) is 20.2 Å². The summed E-state index contributed by atoms with van der Waals surface area (Å²) in [6.45, 7) is 8.91. The summed E-state index contributed by atoms with van der Waals surface area (Å²) in [5, 5.41) is 3.35. The van der Waals surface area contributed by atoms with E-state index in [4.69, 9.17) is 9.47 Å². The van der Waals surface area contributed by atoms with Gasteiger partial charge in [0, 0.05) is 19.1 Å². The van der Waals surface area contributed by atoms with Crippen molar-refractivity contribution in [1.82, 2.24) is 10.2 Å². The topological polar surface area (TPSA) is 67.9 Å². The SMILES string of the molecule is CCC(NC1CCCN(C(=O)OC(C)(C)C)CC1)C(=O)OC. The lowest BCUT2D eigenvalue weighted by Crippen LogP contribution is -2.44. The van der Waals surface area contributed by atoms with Gasteiger partial charge in [-0.3, -0.25) is 4.79 Å². The summed E-state index contributed by atoms with van der Waals surface area (Å²) in [4.78, 5) is 25.5. The van der Waals surface area contributed by atoms with Crippen LogP contribution in [-0.2, 0) is 14.3 Å². The highest BCUT2D eigenvalue weighted by atomic mass is 16.6. The van der Waals surface area contributed by atoms with Crippen molar-refractivity contribution >= 4 is 12.1 Å². The summed E-state index contributed by atoms with van der Waals surface area (Å²) in [6.07, 6.45) is 3.08. The molecule has 0 bridgehead atoms. The van der Waals surface area contributed by atoms with Gasteiger partial charge in [0.15, 0.2) is 0 Å². The van der Waals surface area contributed by atoms with Crippen LogP contribution in [0.4, 0.5) is 4.79 Å². The van der Waals surface area contributed by atoms with Crippen LogP contribution >= 0.6 is 0 Å². The Kier molecular flexibility index (Phi) is 7.13. The molecule has 1 amide bonds. The highest BCUT2D eigenvalue weighted by Gasteiger charge is 2.27. The number of esters is 1. The number of hydrogen-bond donors (Lipinski definition) is 1. The number of carbonyl (C=O) groups excluding carboxylic acids is 2. The summed E-state index contributed by atoms with van der Waals surface area (Å²) in [5.74, 6) is -0.226. The number of carbonyl (C=O) groups is 2. The van der Waals surface area contributed by atoms with Gasteiger partial charge in [-0.1, -0.05) is 6.92 Å². The minimum Gasteiger partial charge on any atom is -0.468 e. The Hall–Kier alpha value is -1.30. The maximum absolute atomic E-state index is 12.1. The van der Waals surface area contributed by atoms with Gasteiger partial charge >= 0.3 is 12.1 Å². The third kappa shape index (κ3) is 6.22. The van der Waals surface area contributed by atoms with Gasteiger partial charge in [-0.05, 0) is 46.5 Å². The van der Waals surface area contributed by atoms with Gasteiger partial charge in [0.2, 0.25) is 0 Å². The summed E-state index contributed by atoms with van der Waals surface area (Å²) < 4.78 is 10.2. The zero-order valence-electron chi connectivity index (χ0n) is 14.5. The van der Waals surface area contributed by atoms with E-state index in [0.717, 1.165) is 19.3 Å². The first-order valence-corrected chi connectivity index (χ1v) is 8.08. The Morgan fingerprint density at radius 1 is 1.27 bits per heavy atom. The van der Waals surface area contributed by atoms with Crippen LogP contribution in [0.15, 0.2) is 0 Å². The predicted octanol–water partition coefficient (Wildman–Crippen LogP) is 2.32. The zero-order valence-corrected chi connectivity index (χ0v) is 14.5. The average Bonchev–Trinajstić information content (AvgIpc) is 2.67. The first kappa shape index (κ1) is 18.7. The second kappa shape index (κ2) is 8.36. The van der Waals surface area contributed by atoms with Gasteiger partial charge in [-0.2, -0.15) is 0 Å². The summed E-state index contributed by atoms with van der Waals surface area (Å²) in [6, 6.07) is -0.0560. The lowest BCUT2D eigenvalue weighted by atomic mass is 10.1. The minimum absolute atomic E-state index is 0.219. The van der Waals surface area contributed by atoms with E-state index >= 15 is 0 Å². The third-order valence-electron chi connectivity index (χ3n) is 3.71. The Morgan fingerprint density at radius 2 is 1.95 bits per heavy atom. The van der Waals surface area contributed by atoms with E-state index in [-0.39, 0.29) is 24.1 Å². The molecular weight excluding hydrogens is 284 g/mol. The predicted molar refractivity (Wildman–Crippen MR) is 84.7 cm³/mol. The number of hydrogen-bond acceptors (Lipinski definition) is 5. The van der Waals surface area contributed by atoms with Gasteiger partial charge in [0.1, 0.15) is 11.6 Å². The van der Waals surface area contributed by atoms with E-state index in [1.807, 2.05) is 27.7 Å². The lowest BCUT2D eigenvalue weighted by Gasteiger charge is -2.26. The van der Waals surface area contributed by atoms with Gasteiger partial charge in [0.25, 0.3) is 0 Å². The monoisotopic (exact) mass is 314 g/mol. The van der Waals surface area contributed by atoms with Crippen LogP contribution in [0.5, 0.6) is 0 Å². The van der Waals surface area contributed by atoms with E-state index in [1.165, 1.54) is 7.11 Å². The summed E-state index contributed by atoms with van der Waals surface area (Å²) in [5.41, 5.74) is -0.473. The van der Waals surface area contributed by atoms with Crippen molar-refractivity contribution in [3.05, 3.63) is 0 Å². The number of nitrogens with zero attached hydrogens (tertiary/aromatic N) is 1. The van der Waals surface area contributed by atoms with Gasteiger partial charge in [0.05, 0.1) is 7.11 Å². The Bertz CT molecular complexity index is 379. The van der Waals surface area contributed by atoms with E-state index in [9.17, 15) is 9.59 Å². The Labute approximate surface area is 133 Å². The molecule has 0 radical (unpaired) electrons. The molecule has 1 heterocycles. The van der Waals surface area contributed by atoms with Crippen molar-refractivity contribution < 1.29 is 19.1 Å². The molecule has 0 aromatic heterocycles. The molecule has 0 aromatic carbocycles. The van der Waals surface area contributed by atoms with Crippen LogP contribution in [0.3, 0.4) is 0 Å². The van der Waals surface area contributed by atoms with Crippen LogP contribution in [0.2, 0.25) is 0 Å². The van der Waals surface area contributed by atoms with Crippen LogP contribution in [0.25, 0.3) is 0 Å². The van der Waals surface area contributed by atoms with Gasteiger partial charge in [-0.15, -0.1) is 0 Å². The molecule has 1 aliphatic heterocycles. The second-order valence-corrected chi connectivity index (χ2v) is 6.75. The highest BCUT2D eigenvalue weighted by molar-refractivity contribution is 5.75. The number of nitrogens with one attached hydrogen (secondary N) is 1. The molecule has 6 nitrogen and oxygen atoms in total. The van der Waals surface area contributed by atoms with Crippen LogP contribution in [0, 0.1) is 0 Å². The molecule has 2 atom stereocenters. The van der Waals surface area contributed by atoms with E-state index in [2.05, 4.69) is 5.32 Å². The molecule has 1 rings (SSSR count). The molecule has 1 saturated heterocycles. The maximum atomic E-state index is 12.1. The molecule has 6 heteroatoms. The molecule has 1 fully saturated rings. The lowest BCUT2D eigenvalue weighted by molar-refractivity contribution is -0.143. The van der Waals surface area contributed by atoms with E-state index in [1.54, 1.807) is 4.90 Å². The smallest absolute Gasteiger partial charge is 0.410 e. The van der Waals surface area contributed by atoms with Crippen LogP contribution < -0.4 is 5.32 Å². The van der Waals surface area contributed by atoms with Crippen LogP contribution in [0.1, 0.15) is 53.4 Å². The van der Waals surface area contributed by atoms with Crippen molar-refractivity contribution in [2.24, 2.45) is 0 Å². The molecule has 1 aliphatic rings. The fourth-order valence-electron chi connectivity index (χ4n) is 2.55. The van der Waals surface area contributed by atoms with E-state index < -0.39 is 5.60 Å². The molecule has 1 N–H and O–H groups in total. The molecule has 0 aromatic rings. The van der Waals surface area contributed by atoms with Crippen molar-refractivity contribution in [3.8, 4) is 0 Å². The molecular formula is C16H30N2O4.